The zero-order chi connectivity index (χ0) is 24.5. The highest BCUT2D eigenvalue weighted by atomic mass is 35.5. The summed E-state index contributed by atoms with van der Waals surface area (Å²) in [4.78, 5) is 28.4. The lowest BCUT2D eigenvalue weighted by atomic mass is 9.95. The smallest absolute Gasteiger partial charge is 0.243 e. The van der Waals surface area contributed by atoms with Crippen LogP contribution in [0.25, 0.3) is 0 Å². The van der Waals surface area contributed by atoms with Crippen LogP contribution in [-0.4, -0.2) is 34.6 Å². The molecule has 0 spiro atoms. The molecule has 3 rings (SSSR count). The fourth-order valence-electron chi connectivity index (χ4n) is 4.46. The van der Waals surface area contributed by atoms with Gasteiger partial charge in [-0.3, -0.25) is 9.59 Å². The molecule has 1 fully saturated rings. The van der Waals surface area contributed by atoms with Crippen molar-refractivity contribution in [2.45, 2.75) is 76.8 Å². The minimum atomic E-state index is -0.568. The fraction of sp³-hybridized carbons (Fsp3) is 0.481. The lowest BCUT2D eigenvalue weighted by molar-refractivity contribution is -0.139. The second kappa shape index (κ2) is 13.4. The number of carbonyl (C=O) groups excluding carboxylic acids is 2. The van der Waals surface area contributed by atoms with Crippen molar-refractivity contribution in [1.29, 1.82) is 0 Å². The van der Waals surface area contributed by atoms with E-state index < -0.39 is 6.04 Å². The zero-order valence-corrected chi connectivity index (χ0v) is 22.3. The maximum atomic E-state index is 13.5. The van der Waals surface area contributed by atoms with Gasteiger partial charge in [-0.1, -0.05) is 85.3 Å². The van der Waals surface area contributed by atoms with Crippen molar-refractivity contribution >= 4 is 46.8 Å². The van der Waals surface area contributed by atoms with Gasteiger partial charge in [0.2, 0.25) is 11.8 Å². The Bertz CT molecular complexity index is 959. The van der Waals surface area contributed by atoms with Gasteiger partial charge in [0.05, 0.1) is 5.75 Å². The molecule has 7 heteroatoms. The van der Waals surface area contributed by atoms with Crippen LogP contribution >= 0.6 is 35.0 Å². The first-order chi connectivity index (χ1) is 16.4. The minimum absolute atomic E-state index is 0.0840. The Morgan fingerprint density at radius 1 is 1.09 bits per heavy atom. The molecule has 184 valence electrons. The number of benzene rings is 2. The van der Waals surface area contributed by atoms with Gasteiger partial charge in [-0.2, -0.15) is 0 Å². The topological polar surface area (TPSA) is 49.4 Å². The standard InChI is InChI=1S/C27H34Cl2N2O2S/c1-3-25(27(33)30-21-11-5-4-6-12-21)31(16-22-23(28)13-8-14-24(22)29)26(32)18-34-17-20-10-7-9-19(2)15-20/h7-10,13-15,21,25H,3-6,11-12,16-18H2,1-2H3,(H,30,33)/t25-/m0/s1. The molecule has 0 bridgehead atoms. The second-order valence-electron chi connectivity index (χ2n) is 8.97. The van der Waals surface area contributed by atoms with E-state index in [0.717, 1.165) is 31.4 Å². The lowest BCUT2D eigenvalue weighted by Gasteiger charge is -2.33. The van der Waals surface area contributed by atoms with Crippen LogP contribution in [0.1, 0.15) is 62.1 Å². The average Bonchev–Trinajstić information content (AvgIpc) is 2.81. The van der Waals surface area contributed by atoms with Gasteiger partial charge < -0.3 is 10.2 Å². The van der Waals surface area contributed by atoms with E-state index in [0.29, 0.717) is 22.0 Å². The molecule has 0 heterocycles. The van der Waals surface area contributed by atoms with Crippen LogP contribution < -0.4 is 5.32 Å². The monoisotopic (exact) mass is 520 g/mol. The Balaban J connectivity index is 1.75. The molecule has 34 heavy (non-hydrogen) atoms. The molecule has 1 aliphatic rings. The number of amides is 2. The number of nitrogens with zero attached hydrogens (tertiary/aromatic N) is 1. The molecule has 0 radical (unpaired) electrons. The van der Waals surface area contributed by atoms with Crippen LogP contribution in [0, 0.1) is 6.92 Å². The number of nitrogens with one attached hydrogen (secondary N) is 1. The molecular weight excluding hydrogens is 487 g/mol. The summed E-state index contributed by atoms with van der Waals surface area (Å²) in [5.41, 5.74) is 3.05. The molecule has 2 aromatic carbocycles. The van der Waals surface area contributed by atoms with E-state index in [1.54, 1.807) is 34.9 Å². The van der Waals surface area contributed by atoms with Crippen LogP contribution in [0.3, 0.4) is 0 Å². The van der Waals surface area contributed by atoms with Crippen molar-refractivity contribution in [2.75, 3.05) is 5.75 Å². The molecule has 1 saturated carbocycles. The number of hydrogen-bond acceptors (Lipinski definition) is 3. The summed E-state index contributed by atoms with van der Waals surface area (Å²) in [5, 5.41) is 4.20. The molecule has 0 aliphatic heterocycles. The van der Waals surface area contributed by atoms with Crippen LogP contribution in [-0.2, 0) is 21.9 Å². The summed E-state index contributed by atoms with van der Waals surface area (Å²) >= 11 is 14.4. The quantitative estimate of drug-likeness (QED) is 0.375. The summed E-state index contributed by atoms with van der Waals surface area (Å²) in [7, 11) is 0. The molecule has 1 N–H and O–H groups in total. The number of aryl methyl sites for hydroxylation is 1. The third-order valence-electron chi connectivity index (χ3n) is 6.30. The van der Waals surface area contributed by atoms with Gasteiger partial charge >= 0.3 is 0 Å². The van der Waals surface area contributed by atoms with Crippen LogP contribution in [0.2, 0.25) is 10.0 Å². The number of halogens is 2. The van der Waals surface area contributed by atoms with Crippen LogP contribution in [0.15, 0.2) is 42.5 Å². The highest BCUT2D eigenvalue weighted by Gasteiger charge is 2.31. The third-order valence-corrected chi connectivity index (χ3v) is 8.00. The van der Waals surface area contributed by atoms with E-state index in [1.807, 2.05) is 13.0 Å². The highest BCUT2D eigenvalue weighted by molar-refractivity contribution is 7.99. The lowest BCUT2D eigenvalue weighted by Crippen LogP contribution is -2.52. The normalized spacial score (nSPS) is 15.1. The molecular formula is C27H34Cl2N2O2S. The van der Waals surface area contributed by atoms with E-state index in [-0.39, 0.29) is 30.2 Å². The average molecular weight is 522 g/mol. The molecule has 2 amide bonds. The Kier molecular flexibility index (Phi) is 10.6. The van der Waals surface area contributed by atoms with Crippen molar-refractivity contribution in [3.63, 3.8) is 0 Å². The molecule has 1 aliphatic carbocycles. The maximum Gasteiger partial charge on any atom is 0.243 e. The second-order valence-corrected chi connectivity index (χ2v) is 10.8. The van der Waals surface area contributed by atoms with Gasteiger partial charge in [0, 0.05) is 33.9 Å². The van der Waals surface area contributed by atoms with E-state index in [4.69, 9.17) is 23.2 Å². The first-order valence-electron chi connectivity index (χ1n) is 12.0. The predicted molar refractivity (Wildman–Crippen MR) is 143 cm³/mol. The molecule has 0 unspecified atom stereocenters. The SMILES string of the molecule is CC[C@@H](C(=O)NC1CCCCC1)N(Cc1c(Cl)cccc1Cl)C(=O)CSCc1cccc(C)c1. The molecule has 0 saturated heterocycles. The minimum Gasteiger partial charge on any atom is -0.352 e. The number of rotatable bonds is 10. The van der Waals surface area contributed by atoms with Gasteiger partial charge in [-0.25, -0.2) is 0 Å². The molecule has 0 aromatic heterocycles. The summed E-state index contributed by atoms with van der Waals surface area (Å²) in [6.07, 6.45) is 6.01. The van der Waals surface area contributed by atoms with Crippen molar-refractivity contribution in [2.24, 2.45) is 0 Å². The van der Waals surface area contributed by atoms with Gasteiger partial charge in [-0.15, -0.1) is 11.8 Å². The van der Waals surface area contributed by atoms with E-state index in [2.05, 4.69) is 30.4 Å². The van der Waals surface area contributed by atoms with Crippen LogP contribution in [0.4, 0.5) is 0 Å². The molecule has 1 atom stereocenters. The Morgan fingerprint density at radius 2 is 1.76 bits per heavy atom. The zero-order valence-electron chi connectivity index (χ0n) is 20.0. The van der Waals surface area contributed by atoms with Gasteiger partial charge in [0.25, 0.3) is 0 Å². The summed E-state index contributed by atoms with van der Waals surface area (Å²) in [5.74, 6) is 0.844. The largest absolute Gasteiger partial charge is 0.352 e. The van der Waals surface area contributed by atoms with Gasteiger partial charge in [-0.05, 0) is 43.9 Å². The van der Waals surface area contributed by atoms with E-state index >= 15 is 0 Å². The van der Waals surface area contributed by atoms with Crippen LogP contribution in [0.5, 0.6) is 0 Å². The van der Waals surface area contributed by atoms with E-state index in [9.17, 15) is 9.59 Å². The third kappa shape index (κ3) is 7.66. The van der Waals surface area contributed by atoms with Crippen molar-refractivity contribution in [3.8, 4) is 0 Å². The summed E-state index contributed by atoms with van der Waals surface area (Å²) < 4.78 is 0. The van der Waals surface area contributed by atoms with Crippen molar-refractivity contribution in [1.82, 2.24) is 10.2 Å². The summed E-state index contributed by atoms with van der Waals surface area (Å²) in [6, 6.07) is 13.2. The fourth-order valence-corrected chi connectivity index (χ4v) is 5.83. The molecule has 4 nitrogen and oxygen atoms in total. The Hall–Kier alpha value is -1.69. The summed E-state index contributed by atoms with van der Waals surface area (Å²) in [6.45, 7) is 4.21. The van der Waals surface area contributed by atoms with Crippen molar-refractivity contribution in [3.05, 3.63) is 69.2 Å². The predicted octanol–water partition coefficient (Wildman–Crippen LogP) is 6.79. The Labute approximate surface area is 217 Å². The number of hydrogen-bond donors (Lipinski definition) is 1. The first kappa shape index (κ1) is 26.9. The van der Waals surface area contributed by atoms with Gasteiger partial charge in [0.15, 0.2) is 0 Å². The number of thioether (sulfide) groups is 1. The highest BCUT2D eigenvalue weighted by Crippen LogP contribution is 2.28. The van der Waals surface area contributed by atoms with Crippen molar-refractivity contribution < 1.29 is 9.59 Å². The maximum absolute atomic E-state index is 13.5. The van der Waals surface area contributed by atoms with E-state index in [1.165, 1.54) is 17.5 Å². The number of carbonyl (C=O) groups is 2. The first-order valence-corrected chi connectivity index (χ1v) is 14.0. The Morgan fingerprint density at radius 3 is 2.41 bits per heavy atom. The van der Waals surface area contributed by atoms with Gasteiger partial charge in [0.1, 0.15) is 6.04 Å². The molecule has 2 aromatic rings.